The lowest BCUT2D eigenvalue weighted by Crippen LogP contribution is -2.34. The summed E-state index contributed by atoms with van der Waals surface area (Å²) < 4.78 is 5.29. The van der Waals surface area contributed by atoms with E-state index >= 15 is 0 Å². The van der Waals surface area contributed by atoms with E-state index in [1.807, 2.05) is 31.2 Å². The van der Waals surface area contributed by atoms with Crippen LogP contribution in [0.1, 0.15) is 25.3 Å². The third-order valence-corrected chi connectivity index (χ3v) is 2.73. The van der Waals surface area contributed by atoms with E-state index in [1.54, 1.807) is 7.11 Å². The summed E-state index contributed by atoms with van der Waals surface area (Å²) in [6, 6.07) is 7.94. The second-order valence-corrected chi connectivity index (χ2v) is 4.38. The van der Waals surface area contributed by atoms with Gasteiger partial charge in [0.2, 0.25) is 5.91 Å². The smallest absolute Gasteiger partial charge is 0.220 e. The van der Waals surface area contributed by atoms with Crippen molar-refractivity contribution in [3.05, 3.63) is 29.8 Å². The van der Waals surface area contributed by atoms with Gasteiger partial charge in [-0.15, -0.1) is 0 Å². The summed E-state index contributed by atoms with van der Waals surface area (Å²) in [4.78, 5) is 11.6. The lowest BCUT2D eigenvalue weighted by atomic mass is 10.1. The van der Waals surface area contributed by atoms with Gasteiger partial charge in [0.05, 0.1) is 7.11 Å². The zero-order valence-corrected chi connectivity index (χ0v) is 11.1. The number of benzene rings is 1. The number of hydrogen-bond donors (Lipinski definition) is 2. The van der Waals surface area contributed by atoms with Gasteiger partial charge in [-0.3, -0.25) is 4.79 Å². The Hall–Kier alpha value is -1.55. The van der Waals surface area contributed by atoms with Crippen LogP contribution in [0.25, 0.3) is 0 Å². The van der Waals surface area contributed by atoms with E-state index in [0.29, 0.717) is 13.0 Å². The molecular formula is C14H22N2O2. The molecule has 1 aromatic carbocycles. The molecule has 0 aliphatic carbocycles. The van der Waals surface area contributed by atoms with Crippen LogP contribution in [0.3, 0.4) is 0 Å². The van der Waals surface area contributed by atoms with Crippen molar-refractivity contribution in [2.24, 2.45) is 5.73 Å². The minimum atomic E-state index is 0.0582. The van der Waals surface area contributed by atoms with Crippen LogP contribution in [-0.2, 0) is 11.2 Å². The summed E-state index contributed by atoms with van der Waals surface area (Å²) in [7, 11) is 1.66. The molecule has 1 rings (SSSR count). The summed E-state index contributed by atoms with van der Waals surface area (Å²) in [6.45, 7) is 2.54. The number of carbonyl (C=O) groups excluding carboxylic acids is 1. The first kappa shape index (κ1) is 14.5. The molecule has 100 valence electrons. The minimum Gasteiger partial charge on any atom is -0.496 e. The Morgan fingerprint density at radius 2 is 2.17 bits per heavy atom. The molecule has 4 nitrogen and oxygen atoms in total. The molecule has 1 amide bonds. The van der Waals surface area contributed by atoms with Crippen molar-refractivity contribution in [1.82, 2.24) is 5.32 Å². The summed E-state index contributed by atoms with van der Waals surface area (Å²) >= 11 is 0. The predicted octanol–water partition coefficient (Wildman–Crippen LogP) is 1.48. The molecule has 0 radical (unpaired) electrons. The zero-order valence-electron chi connectivity index (χ0n) is 11.1. The van der Waals surface area contributed by atoms with E-state index in [2.05, 4.69) is 5.32 Å². The van der Waals surface area contributed by atoms with Crippen LogP contribution in [0.5, 0.6) is 5.75 Å². The van der Waals surface area contributed by atoms with Crippen molar-refractivity contribution in [2.75, 3.05) is 13.7 Å². The van der Waals surface area contributed by atoms with Crippen molar-refractivity contribution >= 4 is 5.91 Å². The predicted molar refractivity (Wildman–Crippen MR) is 72.6 cm³/mol. The molecule has 0 aromatic heterocycles. The highest BCUT2D eigenvalue weighted by Crippen LogP contribution is 2.18. The second-order valence-electron chi connectivity index (χ2n) is 4.38. The Kier molecular flexibility index (Phi) is 6.22. The summed E-state index contributed by atoms with van der Waals surface area (Å²) in [5.74, 6) is 0.920. The fourth-order valence-electron chi connectivity index (χ4n) is 1.86. The molecule has 0 saturated heterocycles. The number of para-hydroxylation sites is 1. The molecular weight excluding hydrogens is 228 g/mol. The number of hydrogen-bond acceptors (Lipinski definition) is 3. The molecule has 18 heavy (non-hydrogen) atoms. The number of nitrogens with one attached hydrogen (secondary N) is 1. The topological polar surface area (TPSA) is 64.3 Å². The van der Waals surface area contributed by atoms with Crippen molar-refractivity contribution in [2.45, 2.75) is 32.2 Å². The maximum atomic E-state index is 11.6. The van der Waals surface area contributed by atoms with Crippen molar-refractivity contribution < 1.29 is 9.53 Å². The molecule has 1 aromatic rings. The van der Waals surface area contributed by atoms with Gasteiger partial charge < -0.3 is 15.8 Å². The highest BCUT2D eigenvalue weighted by atomic mass is 16.5. The SMILES string of the molecule is COc1ccccc1CC(C)NC(=O)CCCN. The second kappa shape index (κ2) is 7.71. The average molecular weight is 250 g/mol. The van der Waals surface area contributed by atoms with Gasteiger partial charge in [-0.1, -0.05) is 18.2 Å². The first-order chi connectivity index (χ1) is 8.67. The normalized spacial score (nSPS) is 11.9. The molecule has 0 bridgehead atoms. The van der Waals surface area contributed by atoms with Crippen LogP contribution in [0.2, 0.25) is 0 Å². The van der Waals surface area contributed by atoms with Gasteiger partial charge in [0.25, 0.3) is 0 Å². The Morgan fingerprint density at radius 1 is 1.44 bits per heavy atom. The zero-order chi connectivity index (χ0) is 13.4. The first-order valence-electron chi connectivity index (χ1n) is 6.28. The van der Waals surface area contributed by atoms with Gasteiger partial charge in [0.15, 0.2) is 0 Å². The third kappa shape index (κ3) is 4.75. The van der Waals surface area contributed by atoms with Gasteiger partial charge in [-0.05, 0) is 37.9 Å². The highest BCUT2D eigenvalue weighted by molar-refractivity contribution is 5.76. The molecule has 0 fully saturated rings. The summed E-state index contributed by atoms with van der Waals surface area (Å²) in [6.07, 6.45) is 1.98. The van der Waals surface area contributed by atoms with Gasteiger partial charge >= 0.3 is 0 Å². The molecule has 0 saturated carbocycles. The van der Waals surface area contributed by atoms with Gasteiger partial charge in [-0.2, -0.15) is 0 Å². The quantitative estimate of drug-likeness (QED) is 0.770. The molecule has 0 heterocycles. The number of rotatable bonds is 7. The van der Waals surface area contributed by atoms with Crippen LogP contribution in [0.15, 0.2) is 24.3 Å². The van der Waals surface area contributed by atoms with E-state index < -0.39 is 0 Å². The summed E-state index contributed by atoms with van der Waals surface area (Å²) in [5.41, 5.74) is 6.48. The molecule has 0 spiro atoms. The molecule has 3 N–H and O–H groups in total. The number of ether oxygens (including phenoxy) is 1. The lowest BCUT2D eigenvalue weighted by Gasteiger charge is -2.15. The third-order valence-electron chi connectivity index (χ3n) is 2.73. The van der Waals surface area contributed by atoms with E-state index in [4.69, 9.17) is 10.5 Å². The Morgan fingerprint density at radius 3 is 2.83 bits per heavy atom. The van der Waals surface area contributed by atoms with Crippen molar-refractivity contribution in [3.8, 4) is 5.75 Å². The van der Waals surface area contributed by atoms with Crippen LogP contribution >= 0.6 is 0 Å². The van der Waals surface area contributed by atoms with Crippen LogP contribution in [0.4, 0.5) is 0 Å². The van der Waals surface area contributed by atoms with Gasteiger partial charge in [0, 0.05) is 12.5 Å². The lowest BCUT2D eigenvalue weighted by molar-refractivity contribution is -0.121. The van der Waals surface area contributed by atoms with E-state index in [0.717, 1.165) is 24.2 Å². The molecule has 1 unspecified atom stereocenters. The minimum absolute atomic E-state index is 0.0582. The van der Waals surface area contributed by atoms with Crippen LogP contribution in [0, 0.1) is 0 Å². The van der Waals surface area contributed by atoms with Crippen LogP contribution in [-0.4, -0.2) is 25.6 Å². The monoisotopic (exact) mass is 250 g/mol. The fraction of sp³-hybridized carbons (Fsp3) is 0.500. The van der Waals surface area contributed by atoms with Crippen molar-refractivity contribution in [1.29, 1.82) is 0 Å². The van der Waals surface area contributed by atoms with E-state index in [1.165, 1.54) is 0 Å². The largest absolute Gasteiger partial charge is 0.496 e. The standard InChI is InChI=1S/C14H22N2O2/c1-11(16-14(17)8-5-9-15)10-12-6-3-4-7-13(12)18-2/h3-4,6-7,11H,5,8-10,15H2,1-2H3,(H,16,17). The number of amides is 1. The highest BCUT2D eigenvalue weighted by Gasteiger charge is 2.10. The molecule has 4 heteroatoms. The van der Waals surface area contributed by atoms with E-state index in [-0.39, 0.29) is 11.9 Å². The number of methoxy groups -OCH3 is 1. The fourth-order valence-corrected chi connectivity index (χ4v) is 1.86. The van der Waals surface area contributed by atoms with Crippen molar-refractivity contribution in [3.63, 3.8) is 0 Å². The number of carbonyl (C=O) groups is 1. The molecule has 0 aliphatic rings. The van der Waals surface area contributed by atoms with Gasteiger partial charge in [-0.25, -0.2) is 0 Å². The van der Waals surface area contributed by atoms with E-state index in [9.17, 15) is 4.79 Å². The maximum absolute atomic E-state index is 11.6. The van der Waals surface area contributed by atoms with Crippen LogP contribution < -0.4 is 15.8 Å². The Labute approximate surface area is 109 Å². The number of nitrogens with two attached hydrogens (primary N) is 1. The average Bonchev–Trinajstić information content (AvgIpc) is 2.36. The first-order valence-corrected chi connectivity index (χ1v) is 6.28. The molecule has 0 aliphatic heterocycles. The Bertz CT molecular complexity index is 380. The summed E-state index contributed by atoms with van der Waals surface area (Å²) in [5, 5.41) is 2.96. The maximum Gasteiger partial charge on any atom is 0.220 e. The van der Waals surface area contributed by atoms with Gasteiger partial charge in [0.1, 0.15) is 5.75 Å². The Balaban J connectivity index is 2.48. The molecule has 1 atom stereocenters.